The predicted molar refractivity (Wildman–Crippen MR) is 78.9 cm³/mol. The number of hydrogen-bond donors (Lipinski definition) is 2. The minimum Gasteiger partial charge on any atom is -0.477 e. The zero-order valence-electron chi connectivity index (χ0n) is 7.08. The van der Waals surface area contributed by atoms with Crippen LogP contribution in [-0.4, -0.2) is 22.5 Å². The van der Waals surface area contributed by atoms with Gasteiger partial charge in [-0.2, -0.15) is 0 Å². The molecule has 0 aliphatic rings. The van der Waals surface area contributed by atoms with Gasteiger partial charge < -0.3 is 14.9 Å². The van der Waals surface area contributed by atoms with Crippen molar-refractivity contribution < 1.29 is 19.7 Å². The minimum absolute atomic E-state index is 0.395. The van der Waals surface area contributed by atoms with Crippen LogP contribution in [0.3, 0.4) is 0 Å². The van der Waals surface area contributed by atoms with E-state index in [9.17, 15) is 4.79 Å². The highest BCUT2D eigenvalue weighted by Crippen LogP contribution is 2.30. The van der Waals surface area contributed by atoms with Gasteiger partial charge in [0.15, 0.2) is 0 Å². The number of benzene rings is 1. The van der Waals surface area contributed by atoms with Gasteiger partial charge in [0, 0.05) is 3.57 Å². The molecule has 0 bridgehead atoms. The fourth-order valence-electron chi connectivity index (χ4n) is 0.804. The summed E-state index contributed by atoms with van der Waals surface area (Å²) in [4.78, 5) is 10.4. The lowest BCUT2D eigenvalue weighted by molar-refractivity contribution is -0.162. The molecule has 0 aliphatic carbocycles. The van der Waals surface area contributed by atoms with Crippen molar-refractivity contribution in [3.8, 4) is 5.75 Å². The van der Waals surface area contributed by atoms with Crippen molar-refractivity contribution in [2.75, 3.05) is 0 Å². The van der Waals surface area contributed by atoms with Gasteiger partial charge in [0.05, 0.1) is 7.14 Å². The molecule has 15 heavy (non-hydrogen) atoms. The molecule has 0 fully saturated rings. The first-order valence-corrected chi connectivity index (χ1v) is 6.87. The monoisotopic (exact) mass is 546 g/mol. The van der Waals surface area contributed by atoms with Gasteiger partial charge in [-0.15, -0.1) is 0 Å². The van der Waals surface area contributed by atoms with Crippen LogP contribution >= 0.6 is 67.8 Å². The molecule has 1 unspecified atom stereocenters. The SMILES string of the molecule is O=C(O)C(O)Oc1c(I)cc(I)cc1I. The molecule has 0 saturated heterocycles. The van der Waals surface area contributed by atoms with Crippen molar-refractivity contribution in [1.82, 2.24) is 0 Å². The normalized spacial score (nSPS) is 12.3. The molecule has 0 aliphatic heterocycles. The van der Waals surface area contributed by atoms with Crippen LogP contribution in [-0.2, 0) is 4.79 Å². The highest BCUT2D eigenvalue weighted by atomic mass is 127. The molecule has 0 spiro atoms. The van der Waals surface area contributed by atoms with Gasteiger partial charge in [0.2, 0.25) is 0 Å². The maximum atomic E-state index is 10.4. The van der Waals surface area contributed by atoms with E-state index in [1.54, 1.807) is 0 Å². The summed E-state index contributed by atoms with van der Waals surface area (Å²) >= 11 is 6.21. The number of carbonyl (C=O) groups is 1. The van der Waals surface area contributed by atoms with Crippen LogP contribution in [0.2, 0.25) is 0 Å². The summed E-state index contributed by atoms with van der Waals surface area (Å²) in [5.41, 5.74) is 0. The summed E-state index contributed by atoms with van der Waals surface area (Å²) in [6.07, 6.45) is -1.83. The molecular formula is C8H5I3O4. The number of hydrogen-bond acceptors (Lipinski definition) is 3. The molecule has 1 rings (SSSR count). The summed E-state index contributed by atoms with van der Waals surface area (Å²) in [7, 11) is 0. The second kappa shape index (κ2) is 5.82. The van der Waals surface area contributed by atoms with Crippen LogP contribution < -0.4 is 4.74 Å². The van der Waals surface area contributed by atoms with Gasteiger partial charge >= 0.3 is 5.97 Å². The van der Waals surface area contributed by atoms with E-state index in [2.05, 4.69) is 22.6 Å². The average molecular weight is 546 g/mol. The summed E-state index contributed by atoms with van der Waals surface area (Å²) in [6, 6.07) is 3.68. The predicted octanol–water partition coefficient (Wildman–Crippen LogP) is 2.28. The van der Waals surface area contributed by atoms with E-state index in [0.717, 1.165) is 10.7 Å². The van der Waals surface area contributed by atoms with Crippen molar-refractivity contribution in [1.29, 1.82) is 0 Å². The lowest BCUT2D eigenvalue weighted by atomic mass is 10.3. The Morgan fingerprint density at radius 3 is 2.13 bits per heavy atom. The molecule has 0 radical (unpaired) electrons. The first-order chi connectivity index (χ1) is 6.91. The quantitative estimate of drug-likeness (QED) is 0.452. The lowest BCUT2D eigenvalue weighted by Crippen LogP contribution is -2.26. The standard InChI is InChI=1S/C8H5I3O4/c9-3-1-4(10)6(5(11)2-3)15-8(14)7(12)13/h1-2,8,14H,(H,12,13). The molecule has 0 aromatic heterocycles. The summed E-state index contributed by atoms with van der Waals surface area (Å²) in [5, 5.41) is 17.6. The maximum Gasteiger partial charge on any atom is 0.373 e. The van der Waals surface area contributed by atoms with E-state index in [4.69, 9.17) is 14.9 Å². The average Bonchev–Trinajstić information content (AvgIpc) is 2.10. The largest absolute Gasteiger partial charge is 0.477 e. The van der Waals surface area contributed by atoms with Gasteiger partial charge in [-0.05, 0) is 79.9 Å². The molecule has 2 N–H and O–H groups in total. The maximum absolute atomic E-state index is 10.4. The molecule has 82 valence electrons. The third-order valence-corrected chi connectivity index (χ3v) is 3.63. The van der Waals surface area contributed by atoms with E-state index in [1.807, 2.05) is 57.3 Å². The number of ether oxygens (including phenoxy) is 1. The summed E-state index contributed by atoms with van der Waals surface area (Å²) in [6.45, 7) is 0. The molecule has 1 atom stereocenters. The molecule has 0 saturated carbocycles. The van der Waals surface area contributed by atoms with E-state index >= 15 is 0 Å². The Morgan fingerprint density at radius 2 is 1.73 bits per heavy atom. The smallest absolute Gasteiger partial charge is 0.373 e. The summed E-state index contributed by atoms with van der Waals surface area (Å²) in [5.74, 6) is -1.01. The van der Waals surface area contributed by atoms with Crippen molar-refractivity contribution in [2.45, 2.75) is 6.29 Å². The van der Waals surface area contributed by atoms with Gasteiger partial charge in [0.25, 0.3) is 6.29 Å². The molecule has 1 aromatic rings. The number of aliphatic hydroxyl groups excluding tert-OH is 1. The number of aliphatic carboxylic acids is 1. The molecule has 4 nitrogen and oxygen atoms in total. The molecule has 1 aromatic carbocycles. The van der Waals surface area contributed by atoms with E-state index in [-0.39, 0.29) is 0 Å². The Balaban J connectivity index is 3.00. The lowest BCUT2D eigenvalue weighted by Gasteiger charge is -2.12. The van der Waals surface area contributed by atoms with Crippen LogP contribution in [0, 0.1) is 10.7 Å². The van der Waals surface area contributed by atoms with Crippen LogP contribution in [0.1, 0.15) is 0 Å². The van der Waals surface area contributed by atoms with E-state index < -0.39 is 12.3 Å². The topological polar surface area (TPSA) is 66.8 Å². The van der Waals surface area contributed by atoms with Gasteiger partial charge in [-0.25, -0.2) is 4.79 Å². The molecule has 7 heteroatoms. The number of carboxylic acid groups (broad SMARTS) is 1. The number of carboxylic acids is 1. The van der Waals surface area contributed by atoms with E-state index in [1.165, 1.54) is 0 Å². The third-order valence-electron chi connectivity index (χ3n) is 1.40. The fraction of sp³-hybridized carbons (Fsp3) is 0.125. The van der Waals surface area contributed by atoms with E-state index in [0.29, 0.717) is 5.75 Å². The minimum atomic E-state index is -1.83. The Labute approximate surface area is 127 Å². The zero-order valence-corrected chi connectivity index (χ0v) is 13.5. The van der Waals surface area contributed by atoms with Crippen LogP contribution in [0.4, 0.5) is 0 Å². The second-order valence-electron chi connectivity index (χ2n) is 2.51. The van der Waals surface area contributed by atoms with Crippen LogP contribution in [0.15, 0.2) is 12.1 Å². The van der Waals surface area contributed by atoms with Crippen molar-refractivity contribution in [2.24, 2.45) is 0 Å². The van der Waals surface area contributed by atoms with Crippen LogP contribution in [0.25, 0.3) is 0 Å². The highest BCUT2D eigenvalue weighted by molar-refractivity contribution is 14.1. The fourth-order valence-corrected chi connectivity index (χ4v) is 4.64. The number of aliphatic hydroxyl groups is 1. The second-order valence-corrected chi connectivity index (χ2v) is 6.08. The molecular weight excluding hydrogens is 541 g/mol. The zero-order chi connectivity index (χ0) is 11.6. The molecule has 0 heterocycles. The van der Waals surface area contributed by atoms with Crippen molar-refractivity contribution in [3.05, 3.63) is 22.8 Å². The first-order valence-electron chi connectivity index (χ1n) is 3.64. The number of halogens is 3. The van der Waals surface area contributed by atoms with Crippen molar-refractivity contribution >= 4 is 73.7 Å². The van der Waals surface area contributed by atoms with Gasteiger partial charge in [-0.3, -0.25) is 0 Å². The first kappa shape index (κ1) is 13.7. The van der Waals surface area contributed by atoms with Crippen molar-refractivity contribution in [3.63, 3.8) is 0 Å². The Hall–Kier alpha value is 0.640. The number of rotatable bonds is 3. The van der Waals surface area contributed by atoms with Gasteiger partial charge in [0.1, 0.15) is 5.75 Å². The Morgan fingerprint density at radius 1 is 1.27 bits per heavy atom. The Bertz CT molecular complexity index is 370. The van der Waals surface area contributed by atoms with Gasteiger partial charge in [-0.1, -0.05) is 0 Å². The van der Waals surface area contributed by atoms with Crippen LogP contribution in [0.5, 0.6) is 5.75 Å². The Kier molecular flexibility index (Phi) is 5.31. The summed E-state index contributed by atoms with van der Waals surface area (Å²) < 4.78 is 7.49. The highest BCUT2D eigenvalue weighted by Gasteiger charge is 2.18. The molecule has 0 amide bonds. The third kappa shape index (κ3) is 3.85.